The topological polar surface area (TPSA) is 65.3 Å². The lowest BCUT2D eigenvalue weighted by atomic mass is 10.2. The van der Waals surface area contributed by atoms with E-state index in [-0.39, 0.29) is 5.69 Å². The number of rotatable bonds is 5. The van der Waals surface area contributed by atoms with Crippen LogP contribution in [0.15, 0.2) is 46.0 Å². The van der Waals surface area contributed by atoms with E-state index in [4.69, 9.17) is 4.74 Å². The molecule has 0 unspecified atom stereocenters. The number of aromatic nitrogens is 1. The van der Waals surface area contributed by atoms with E-state index >= 15 is 0 Å². The molecule has 7 heteroatoms. The standard InChI is InChI=1S/C13H11BrN2O3S/c1-19-10-4-2-9(3-5-10)8-20-12-6-13(14)15-7-11(12)16(17)18/h2-7H,8H2,1H3. The van der Waals surface area contributed by atoms with Gasteiger partial charge in [-0.1, -0.05) is 12.1 Å². The van der Waals surface area contributed by atoms with E-state index in [1.807, 2.05) is 24.3 Å². The SMILES string of the molecule is COc1ccc(CSc2cc(Br)ncc2[N+](=O)[O-])cc1. The molecule has 0 aliphatic rings. The molecular formula is C13H11BrN2O3S. The fourth-order valence-electron chi connectivity index (χ4n) is 1.54. The zero-order valence-corrected chi connectivity index (χ0v) is 13.0. The first-order chi connectivity index (χ1) is 9.60. The van der Waals surface area contributed by atoms with E-state index in [0.29, 0.717) is 15.3 Å². The molecule has 5 nitrogen and oxygen atoms in total. The molecule has 0 amide bonds. The van der Waals surface area contributed by atoms with Crippen molar-refractivity contribution in [1.82, 2.24) is 4.98 Å². The Bertz CT molecular complexity index is 620. The number of hydrogen-bond acceptors (Lipinski definition) is 5. The van der Waals surface area contributed by atoms with Gasteiger partial charge in [-0.2, -0.15) is 0 Å². The zero-order valence-electron chi connectivity index (χ0n) is 10.6. The predicted octanol–water partition coefficient (Wildman–Crippen LogP) is 4.05. The van der Waals surface area contributed by atoms with E-state index in [1.54, 1.807) is 13.2 Å². The van der Waals surface area contributed by atoms with Crippen LogP contribution in [0.3, 0.4) is 0 Å². The first-order valence-corrected chi connectivity index (χ1v) is 7.43. The van der Waals surface area contributed by atoms with E-state index in [1.165, 1.54) is 18.0 Å². The predicted molar refractivity (Wildman–Crippen MR) is 81.1 cm³/mol. The molecule has 0 radical (unpaired) electrons. The molecule has 0 fully saturated rings. The van der Waals surface area contributed by atoms with Gasteiger partial charge in [-0.15, -0.1) is 11.8 Å². The second-order valence-electron chi connectivity index (χ2n) is 3.87. The first kappa shape index (κ1) is 14.8. The third-order valence-corrected chi connectivity index (χ3v) is 4.11. The lowest BCUT2D eigenvalue weighted by molar-refractivity contribution is -0.388. The molecular weight excluding hydrogens is 344 g/mol. The van der Waals surface area contributed by atoms with Gasteiger partial charge in [0.1, 0.15) is 16.5 Å². The largest absolute Gasteiger partial charge is 0.497 e. The molecule has 1 heterocycles. The summed E-state index contributed by atoms with van der Waals surface area (Å²) < 4.78 is 5.67. The van der Waals surface area contributed by atoms with Crippen molar-refractivity contribution < 1.29 is 9.66 Å². The molecule has 2 rings (SSSR count). The number of hydrogen-bond donors (Lipinski definition) is 0. The minimum Gasteiger partial charge on any atom is -0.497 e. The fourth-order valence-corrected chi connectivity index (χ4v) is 3.01. The van der Waals surface area contributed by atoms with Gasteiger partial charge >= 0.3 is 5.69 Å². The van der Waals surface area contributed by atoms with Crippen molar-refractivity contribution in [2.45, 2.75) is 10.6 Å². The third kappa shape index (κ3) is 3.71. The quantitative estimate of drug-likeness (QED) is 0.350. The molecule has 0 bridgehead atoms. The van der Waals surface area contributed by atoms with Crippen LogP contribution in [-0.2, 0) is 5.75 Å². The van der Waals surface area contributed by atoms with Gasteiger partial charge < -0.3 is 4.74 Å². The second kappa shape index (κ2) is 6.71. The van der Waals surface area contributed by atoms with Gasteiger partial charge in [-0.25, -0.2) is 4.98 Å². The van der Waals surface area contributed by atoms with Crippen molar-refractivity contribution in [3.8, 4) is 5.75 Å². The molecule has 0 aliphatic heterocycles. The van der Waals surface area contributed by atoms with Gasteiger partial charge in [0, 0.05) is 5.75 Å². The molecule has 0 saturated heterocycles. The molecule has 1 aromatic heterocycles. The van der Waals surface area contributed by atoms with Crippen molar-refractivity contribution in [3.63, 3.8) is 0 Å². The number of benzene rings is 1. The van der Waals surface area contributed by atoms with Gasteiger partial charge in [0.2, 0.25) is 0 Å². The average Bonchev–Trinajstić information content (AvgIpc) is 2.45. The molecule has 0 spiro atoms. The summed E-state index contributed by atoms with van der Waals surface area (Å²) >= 11 is 4.63. The number of nitrogens with zero attached hydrogens (tertiary/aromatic N) is 2. The van der Waals surface area contributed by atoms with Crippen molar-refractivity contribution in [2.24, 2.45) is 0 Å². The summed E-state index contributed by atoms with van der Waals surface area (Å²) in [5.41, 5.74) is 1.09. The Labute approximate surface area is 128 Å². The minimum atomic E-state index is -0.421. The smallest absolute Gasteiger partial charge is 0.301 e. The van der Waals surface area contributed by atoms with Crippen molar-refractivity contribution in [3.05, 3.63) is 56.8 Å². The van der Waals surface area contributed by atoms with E-state index in [2.05, 4.69) is 20.9 Å². The Morgan fingerprint density at radius 1 is 1.40 bits per heavy atom. The maximum absolute atomic E-state index is 10.9. The van der Waals surface area contributed by atoms with E-state index in [0.717, 1.165) is 11.3 Å². The molecule has 20 heavy (non-hydrogen) atoms. The number of nitro groups is 1. The second-order valence-corrected chi connectivity index (χ2v) is 5.70. The Balaban J connectivity index is 2.13. The van der Waals surface area contributed by atoms with Crippen LogP contribution in [0, 0.1) is 10.1 Å². The molecule has 0 atom stereocenters. The van der Waals surface area contributed by atoms with Gasteiger partial charge in [0.05, 0.1) is 16.9 Å². The summed E-state index contributed by atoms with van der Waals surface area (Å²) in [4.78, 5) is 15.0. The summed E-state index contributed by atoms with van der Waals surface area (Å²) in [6.07, 6.45) is 1.26. The molecule has 2 aromatic rings. The maximum atomic E-state index is 10.9. The summed E-state index contributed by atoms with van der Waals surface area (Å²) in [7, 11) is 1.61. The van der Waals surface area contributed by atoms with E-state index in [9.17, 15) is 10.1 Å². The molecule has 1 aromatic carbocycles. The van der Waals surface area contributed by atoms with Crippen molar-refractivity contribution in [1.29, 1.82) is 0 Å². The summed E-state index contributed by atoms with van der Waals surface area (Å²) in [5, 5.41) is 10.9. The van der Waals surface area contributed by atoms with Crippen LogP contribution in [0.4, 0.5) is 5.69 Å². The van der Waals surface area contributed by atoms with Gasteiger partial charge in [-0.05, 0) is 39.7 Å². The summed E-state index contributed by atoms with van der Waals surface area (Å²) in [6, 6.07) is 9.27. The first-order valence-electron chi connectivity index (χ1n) is 5.66. The normalized spacial score (nSPS) is 10.3. The van der Waals surface area contributed by atoms with Gasteiger partial charge in [-0.3, -0.25) is 10.1 Å². The number of ether oxygens (including phenoxy) is 1. The zero-order chi connectivity index (χ0) is 14.5. The highest BCUT2D eigenvalue weighted by Crippen LogP contribution is 2.32. The highest BCUT2D eigenvalue weighted by atomic mass is 79.9. The highest BCUT2D eigenvalue weighted by molar-refractivity contribution is 9.10. The Kier molecular flexibility index (Phi) is 4.97. The molecule has 104 valence electrons. The lowest BCUT2D eigenvalue weighted by Gasteiger charge is -2.05. The Morgan fingerprint density at radius 3 is 2.70 bits per heavy atom. The van der Waals surface area contributed by atoms with Crippen LogP contribution in [0.2, 0.25) is 0 Å². The summed E-state index contributed by atoms with van der Waals surface area (Å²) in [6.45, 7) is 0. The fraction of sp³-hybridized carbons (Fsp3) is 0.154. The van der Waals surface area contributed by atoms with Crippen molar-refractivity contribution in [2.75, 3.05) is 7.11 Å². The molecule has 0 saturated carbocycles. The third-order valence-electron chi connectivity index (χ3n) is 2.56. The number of pyridine rings is 1. The number of thioether (sulfide) groups is 1. The van der Waals surface area contributed by atoms with Crippen LogP contribution in [0.1, 0.15) is 5.56 Å². The van der Waals surface area contributed by atoms with Crippen LogP contribution >= 0.6 is 27.7 Å². The Hall–Kier alpha value is -1.60. The van der Waals surface area contributed by atoms with E-state index < -0.39 is 4.92 Å². The average molecular weight is 355 g/mol. The van der Waals surface area contributed by atoms with Crippen molar-refractivity contribution >= 4 is 33.4 Å². The number of methoxy groups -OCH3 is 1. The monoisotopic (exact) mass is 354 g/mol. The highest BCUT2D eigenvalue weighted by Gasteiger charge is 2.15. The van der Waals surface area contributed by atoms with Gasteiger partial charge in [0.15, 0.2) is 0 Å². The minimum absolute atomic E-state index is 0.0201. The molecule has 0 aliphatic carbocycles. The molecule has 0 N–H and O–H groups in total. The van der Waals surface area contributed by atoms with Gasteiger partial charge in [0.25, 0.3) is 0 Å². The Morgan fingerprint density at radius 2 is 2.10 bits per heavy atom. The van der Waals surface area contributed by atoms with Crippen LogP contribution in [0.5, 0.6) is 5.75 Å². The maximum Gasteiger partial charge on any atom is 0.301 e. The lowest BCUT2D eigenvalue weighted by Crippen LogP contribution is -1.93. The number of halogens is 1. The van der Waals surface area contributed by atoms with Crippen LogP contribution in [-0.4, -0.2) is 17.0 Å². The summed E-state index contributed by atoms with van der Waals surface area (Å²) in [5.74, 6) is 1.43. The van der Waals surface area contributed by atoms with Crippen LogP contribution in [0.25, 0.3) is 0 Å². The van der Waals surface area contributed by atoms with Crippen LogP contribution < -0.4 is 4.74 Å².